The summed E-state index contributed by atoms with van der Waals surface area (Å²) in [6.07, 6.45) is 1.98. The summed E-state index contributed by atoms with van der Waals surface area (Å²) >= 11 is 1.41. The highest BCUT2D eigenvalue weighted by molar-refractivity contribution is 7.19. The van der Waals surface area contributed by atoms with Gasteiger partial charge in [-0.2, -0.15) is 0 Å². The number of aromatic nitrogens is 2. The predicted molar refractivity (Wildman–Crippen MR) is 92.0 cm³/mol. The number of hydrogen-bond donors (Lipinski definition) is 1. The van der Waals surface area contributed by atoms with Crippen LogP contribution in [0, 0.1) is 6.92 Å². The van der Waals surface area contributed by atoms with E-state index in [9.17, 15) is 4.79 Å². The van der Waals surface area contributed by atoms with Crippen LogP contribution in [0.25, 0.3) is 16.2 Å². The maximum atomic E-state index is 12.4. The third kappa shape index (κ3) is 3.13. The molecule has 0 aliphatic heterocycles. The minimum absolute atomic E-state index is 0.0267. The third-order valence-corrected chi connectivity index (χ3v) is 4.78. The number of amides is 1. The molecule has 1 atom stereocenters. The molecule has 0 saturated heterocycles. The topological polar surface area (TPSA) is 55.6 Å². The van der Waals surface area contributed by atoms with Crippen molar-refractivity contribution < 1.29 is 9.53 Å². The molecule has 0 fully saturated rings. The summed E-state index contributed by atoms with van der Waals surface area (Å²) in [5.74, 6) is -0.0798. The summed E-state index contributed by atoms with van der Waals surface area (Å²) in [6, 6.07) is 10.00. The van der Waals surface area contributed by atoms with E-state index in [1.54, 1.807) is 7.11 Å². The molecule has 0 bridgehead atoms. The zero-order chi connectivity index (χ0) is 16.4. The van der Waals surface area contributed by atoms with Crippen molar-refractivity contribution in [1.82, 2.24) is 14.7 Å². The molecule has 1 aromatic carbocycles. The van der Waals surface area contributed by atoms with Crippen LogP contribution in [0.1, 0.15) is 22.3 Å². The zero-order valence-electron chi connectivity index (χ0n) is 13.4. The van der Waals surface area contributed by atoms with Gasteiger partial charge in [-0.15, -0.1) is 0 Å². The van der Waals surface area contributed by atoms with Crippen LogP contribution in [-0.2, 0) is 4.74 Å². The maximum Gasteiger partial charge on any atom is 0.263 e. The van der Waals surface area contributed by atoms with Gasteiger partial charge in [0.05, 0.1) is 12.3 Å². The fourth-order valence-electron chi connectivity index (χ4n) is 2.49. The maximum absolute atomic E-state index is 12.4. The molecule has 0 saturated carbocycles. The number of rotatable bonds is 5. The lowest BCUT2D eigenvalue weighted by molar-refractivity contribution is 0.0908. The number of hydrogen-bond acceptors (Lipinski definition) is 4. The van der Waals surface area contributed by atoms with E-state index < -0.39 is 0 Å². The summed E-state index contributed by atoms with van der Waals surface area (Å²) < 4.78 is 7.03. The van der Waals surface area contributed by atoms with Gasteiger partial charge in [-0.05, 0) is 13.8 Å². The lowest BCUT2D eigenvalue weighted by Crippen LogP contribution is -2.35. The number of fused-ring (bicyclic) bond motifs is 1. The van der Waals surface area contributed by atoms with Crippen molar-refractivity contribution in [2.45, 2.75) is 19.9 Å². The van der Waals surface area contributed by atoms with E-state index in [1.807, 2.05) is 54.8 Å². The molecule has 3 aromatic rings. The molecule has 120 valence electrons. The first kappa shape index (κ1) is 15.7. The first-order valence-corrected chi connectivity index (χ1v) is 8.25. The van der Waals surface area contributed by atoms with Gasteiger partial charge < -0.3 is 10.1 Å². The van der Waals surface area contributed by atoms with Gasteiger partial charge in [0.25, 0.3) is 5.91 Å². The molecule has 1 unspecified atom stereocenters. The smallest absolute Gasteiger partial charge is 0.263 e. The van der Waals surface area contributed by atoms with Gasteiger partial charge in [-0.25, -0.2) is 4.98 Å². The number of nitrogens with zero attached hydrogens (tertiary/aromatic N) is 2. The van der Waals surface area contributed by atoms with Crippen LogP contribution in [0.4, 0.5) is 0 Å². The highest BCUT2D eigenvalue weighted by atomic mass is 32.1. The van der Waals surface area contributed by atoms with Gasteiger partial charge in [0.2, 0.25) is 0 Å². The van der Waals surface area contributed by atoms with Crippen molar-refractivity contribution in [3.8, 4) is 11.3 Å². The number of thiazole rings is 1. The van der Waals surface area contributed by atoms with Gasteiger partial charge in [0.1, 0.15) is 4.88 Å². The summed E-state index contributed by atoms with van der Waals surface area (Å²) in [5.41, 5.74) is 2.89. The molecule has 0 spiro atoms. The Morgan fingerprint density at radius 3 is 2.78 bits per heavy atom. The number of carbonyl (C=O) groups is 1. The molecule has 5 nitrogen and oxygen atoms in total. The van der Waals surface area contributed by atoms with E-state index in [2.05, 4.69) is 10.3 Å². The quantitative estimate of drug-likeness (QED) is 0.782. The lowest BCUT2D eigenvalue weighted by Gasteiger charge is -2.11. The second kappa shape index (κ2) is 6.52. The van der Waals surface area contributed by atoms with Gasteiger partial charge in [0.15, 0.2) is 4.96 Å². The molecule has 1 amide bonds. The molecule has 1 N–H and O–H groups in total. The molecule has 0 aliphatic rings. The normalized spacial score (nSPS) is 12.5. The summed E-state index contributed by atoms with van der Waals surface area (Å²) in [7, 11) is 1.62. The summed E-state index contributed by atoms with van der Waals surface area (Å²) in [4.78, 5) is 18.5. The van der Waals surface area contributed by atoms with E-state index in [0.717, 1.165) is 21.9 Å². The number of methoxy groups -OCH3 is 1. The zero-order valence-corrected chi connectivity index (χ0v) is 14.2. The number of aryl methyl sites for hydroxylation is 1. The average Bonchev–Trinajstić information content (AvgIpc) is 3.08. The fourth-order valence-corrected chi connectivity index (χ4v) is 3.50. The van der Waals surface area contributed by atoms with E-state index in [4.69, 9.17) is 4.74 Å². The standard InChI is InChI=1S/C17H19N3O2S/c1-11(10-22-3)18-16(21)15-12(2)20-9-14(19-17(20)23-15)13-7-5-4-6-8-13/h4-9,11H,10H2,1-3H3,(H,18,21). The Balaban J connectivity index is 1.89. The fraction of sp³-hybridized carbons (Fsp3) is 0.294. The predicted octanol–water partition coefficient (Wildman–Crippen LogP) is 3.14. The van der Waals surface area contributed by atoms with Gasteiger partial charge in [0, 0.05) is 30.6 Å². The molecule has 6 heteroatoms. The number of nitrogens with one attached hydrogen (secondary N) is 1. The Morgan fingerprint density at radius 1 is 1.39 bits per heavy atom. The van der Waals surface area contributed by atoms with Crippen molar-refractivity contribution in [3.63, 3.8) is 0 Å². The minimum Gasteiger partial charge on any atom is -0.383 e. The minimum atomic E-state index is -0.0798. The summed E-state index contributed by atoms with van der Waals surface area (Å²) in [6.45, 7) is 4.35. The monoisotopic (exact) mass is 329 g/mol. The number of ether oxygens (including phenoxy) is 1. The van der Waals surface area contributed by atoms with Crippen LogP contribution in [0.15, 0.2) is 36.5 Å². The van der Waals surface area contributed by atoms with Crippen LogP contribution >= 0.6 is 11.3 Å². The Bertz CT molecular complexity index is 823. The Morgan fingerprint density at radius 2 is 2.13 bits per heavy atom. The van der Waals surface area contributed by atoms with Crippen LogP contribution in [0.2, 0.25) is 0 Å². The highest BCUT2D eigenvalue weighted by Gasteiger charge is 2.19. The number of imidazole rings is 1. The highest BCUT2D eigenvalue weighted by Crippen LogP contribution is 2.27. The molecular weight excluding hydrogens is 310 g/mol. The van der Waals surface area contributed by atoms with Crippen LogP contribution < -0.4 is 5.32 Å². The summed E-state index contributed by atoms with van der Waals surface area (Å²) in [5, 5.41) is 2.94. The Kier molecular flexibility index (Phi) is 4.45. The lowest BCUT2D eigenvalue weighted by atomic mass is 10.2. The molecule has 3 rings (SSSR count). The van der Waals surface area contributed by atoms with Crippen molar-refractivity contribution in [3.05, 3.63) is 47.1 Å². The second-order valence-electron chi connectivity index (χ2n) is 5.49. The second-order valence-corrected chi connectivity index (χ2v) is 6.47. The Labute approximate surface area is 138 Å². The van der Waals surface area contributed by atoms with E-state index in [1.165, 1.54) is 11.3 Å². The molecule has 2 aromatic heterocycles. The van der Waals surface area contributed by atoms with E-state index >= 15 is 0 Å². The number of carbonyl (C=O) groups excluding carboxylic acids is 1. The van der Waals surface area contributed by atoms with Crippen molar-refractivity contribution >= 4 is 22.2 Å². The van der Waals surface area contributed by atoms with Crippen molar-refractivity contribution in [2.24, 2.45) is 0 Å². The van der Waals surface area contributed by atoms with Gasteiger partial charge in [-0.1, -0.05) is 41.7 Å². The van der Waals surface area contributed by atoms with Crippen LogP contribution in [0.3, 0.4) is 0 Å². The SMILES string of the molecule is COCC(C)NC(=O)c1sc2nc(-c3ccccc3)cn2c1C. The van der Waals surface area contributed by atoms with Crippen molar-refractivity contribution in [2.75, 3.05) is 13.7 Å². The van der Waals surface area contributed by atoms with Crippen LogP contribution in [-0.4, -0.2) is 35.1 Å². The molecule has 23 heavy (non-hydrogen) atoms. The average molecular weight is 329 g/mol. The number of benzene rings is 1. The molecular formula is C17H19N3O2S. The molecule has 0 radical (unpaired) electrons. The van der Waals surface area contributed by atoms with E-state index in [-0.39, 0.29) is 11.9 Å². The van der Waals surface area contributed by atoms with Crippen molar-refractivity contribution in [1.29, 1.82) is 0 Å². The largest absolute Gasteiger partial charge is 0.383 e. The van der Waals surface area contributed by atoms with Gasteiger partial charge in [-0.3, -0.25) is 9.20 Å². The first-order chi connectivity index (χ1) is 11.1. The first-order valence-electron chi connectivity index (χ1n) is 7.44. The Hall–Kier alpha value is -2.18. The third-order valence-electron chi connectivity index (χ3n) is 3.63. The van der Waals surface area contributed by atoms with Gasteiger partial charge >= 0.3 is 0 Å². The molecule has 0 aliphatic carbocycles. The van der Waals surface area contributed by atoms with E-state index in [0.29, 0.717) is 11.5 Å². The molecule has 2 heterocycles. The van der Waals surface area contributed by atoms with Crippen LogP contribution in [0.5, 0.6) is 0 Å².